The molecule has 0 radical (unpaired) electrons. The molecule has 1 aromatic rings. The van der Waals surface area contributed by atoms with E-state index in [2.05, 4.69) is 23.1 Å². The predicted molar refractivity (Wildman–Crippen MR) is 82.1 cm³/mol. The van der Waals surface area contributed by atoms with Gasteiger partial charge in [0, 0.05) is 6.04 Å². The summed E-state index contributed by atoms with van der Waals surface area (Å²) in [7, 11) is 0. The van der Waals surface area contributed by atoms with Crippen molar-refractivity contribution < 1.29 is 4.79 Å². The summed E-state index contributed by atoms with van der Waals surface area (Å²) in [5.41, 5.74) is 5.37. The third-order valence-corrected chi connectivity index (χ3v) is 4.55. The average molecular weight is 297 g/mol. The first-order valence-electron chi connectivity index (χ1n) is 6.57. The number of thiophene rings is 1. The van der Waals surface area contributed by atoms with E-state index in [1.54, 1.807) is 6.07 Å². The smallest absolute Gasteiger partial charge is 0.279 e. The Morgan fingerprint density at radius 2 is 2.16 bits per heavy atom. The monoisotopic (exact) mass is 297 g/mol. The van der Waals surface area contributed by atoms with E-state index in [-0.39, 0.29) is 5.91 Å². The first-order chi connectivity index (χ1) is 9.16. The second-order valence-corrected chi connectivity index (χ2v) is 6.25. The molecule has 0 aliphatic heterocycles. The van der Waals surface area contributed by atoms with Gasteiger partial charge in [0.2, 0.25) is 0 Å². The van der Waals surface area contributed by atoms with Crippen molar-refractivity contribution in [2.24, 2.45) is 5.92 Å². The van der Waals surface area contributed by atoms with Gasteiger partial charge in [-0.1, -0.05) is 25.8 Å². The van der Waals surface area contributed by atoms with Gasteiger partial charge in [0.15, 0.2) is 5.11 Å². The molecule has 2 atom stereocenters. The van der Waals surface area contributed by atoms with Crippen molar-refractivity contribution in [3.63, 3.8) is 0 Å². The van der Waals surface area contributed by atoms with Gasteiger partial charge in [0.25, 0.3) is 5.91 Å². The largest absolute Gasteiger partial charge is 0.358 e. The third-order valence-electron chi connectivity index (χ3n) is 3.46. The molecular weight excluding hydrogens is 278 g/mol. The van der Waals surface area contributed by atoms with Crippen LogP contribution in [0.2, 0.25) is 0 Å². The van der Waals surface area contributed by atoms with Gasteiger partial charge < -0.3 is 5.32 Å². The first kappa shape index (κ1) is 14.3. The molecule has 6 heteroatoms. The van der Waals surface area contributed by atoms with Crippen LogP contribution in [-0.4, -0.2) is 17.1 Å². The quantitative estimate of drug-likeness (QED) is 0.580. The molecule has 19 heavy (non-hydrogen) atoms. The Bertz CT molecular complexity index is 433. The molecule has 1 aliphatic rings. The van der Waals surface area contributed by atoms with E-state index in [4.69, 9.17) is 12.2 Å². The molecule has 0 saturated heterocycles. The molecule has 1 amide bonds. The molecule has 0 bridgehead atoms. The van der Waals surface area contributed by atoms with Gasteiger partial charge in [-0.05, 0) is 42.4 Å². The van der Waals surface area contributed by atoms with Crippen molar-refractivity contribution in [3.8, 4) is 0 Å². The highest BCUT2D eigenvalue weighted by molar-refractivity contribution is 7.80. The Labute approximate surface area is 122 Å². The zero-order chi connectivity index (χ0) is 13.7. The van der Waals surface area contributed by atoms with Crippen LogP contribution in [0, 0.1) is 5.92 Å². The van der Waals surface area contributed by atoms with Crippen molar-refractivity contribution in [1.29, 1.82) is 0 Å². The zero-order valence-electron chi connectivity index (χ0n) is 10.9. The molecule has 0 unspecified atom stereocenters. The number of hydrogen-bond donors (Lipinski definition) is 3. The fourth-order valence-electron chi connectivity index (χ4n) is 2.32. The molecule has 0 spiro atoms. The Morgan fingerprint density at radius 1 is 1.37 bits per heavy atom. The lowest BCUT2D eigenvalue weighted by atomic mass is 9.86. The lowest BCUT2D eigenvalue weighted by Gasteiger charge is -2.30. The molecule has 104 valence electrons. The summed E-state index contributed by atoms with van der Waals surface area (Å²) in [5.74, 6) is 0.470. The number of hydrogen-bond acceptors (Lipinski definition) is 3. The number of carbonyl (C=O) groups is 1. The van der Waals surface area contributed by atoms with E-state index in [1.165, 1.54) is 30.6 Å². The zero-order valence-corrected chi connectivity index (χ0v) is 12.6. The minimum absolute atomic E-state index is 0.157. The summed E-state index contributed by atoms with van der Waals surface area (Å²) in [6.45, 7) is 2.24. The molecule has 3 N–H and O–H groups in total. The highest BCUT2D eigenvalue weighted by Crippen LogP contribution is 2.23. The average Bonchev–Trinajstić information content (AvgIpc) is 2.93. The van der Waals surface area contributed by atoms with Crippen LogP contribution in [0.3, 0.4) is 0 Å². The number of amides is 1. The van der Waals surface area contributed by atoms with Crippen LogP contribution in [0.5, 0.6) is 0 Å². The highest BCUT2D eigenvalue weighted by Gasteiger charge is 2.21. The van der Waals surface area contributed by atoms with Crippen LogP contribution in [0.25, 0.3) is 0 Å². The molecule has 4 nitrogen and oxygen atoms in total. The van der Waals surface area contributed by atoms with Crippen molar-refractivity contribution in [2.45, 2.75) is 38.6 Å². The second kappa shape index (κ2) is 6.86. The fraction of sp³-hybridized carbons (Fsp3) is 0.538. The number of hydrazine groups is 1. The maximum absolute atomic E-state index is 11.7. The normalized spacial score (nSPS) is 22.6. The van der Waals surface area contributed by atoms with Gasteiger partial charge in [0.05, 0.1) is 4.88 Å². The summed E-state index contributed by atoms with van der Waals surface area (Å²) in [6, 6.07) is 4.04. The van der Waals surface area contributed by atoms with E-state index >= 15 is 0 Å². The van der Waals surface area contributed by atoms with Crippen molar-refractivity contribution in [1.82, 2.24) is 16.2 Å². The van der Waals surface area contributed by atoms with Gasteiger partial charge >= 0.3 is 0 Å². The fourth-order valence-corrected chi connectivity index (χ4v) is 3.14. The number of thiocarbonyl (C=S) groups is 1. The van der Waals surface area contributed by atoms with E-state index in [0.717, 1.165) is 6.42 Å². The van der Waals surface area contributed by atoms with Gasteiger partial charge in [-0.25, -0.2) is 0 Å². The van der Waals surface area contributed by atoms with E-state index in [0.29, 0.717) is 21.9 Å². The van der Waals surface area contributed by atoms with E-state index < -0.39 is 0 Å². The lowest BCUT2D eigenvalue weighted by Crippen LogP contribution is -2.51. The van der Waals surface area contributed by atoms with E-state index in [1.807, 2.05) is 11.4 Å². The van der Waals surface area contributed by atoms with E-state index in [9.17, 15) is 4.79 Å². The Kier molecular flexibility index (Phi) is 5.15. The minimum Gasteiger partial charge on any atom is -0.358 e. The van der Waals surface area contributed by atoms with Crippen LogP contribution in [0.1, 0.15) is 42.3 Å². The number of nitrogens with one attached hydrogen (secondary N) is 3. The van der Waals surface area contributed by atoms with Crippen LogP contribution in [-0.2, 0) is 0 Å². The van der Waals surface area contributed by atoms with Crippen molar-refractivity contribution >= 4 is 34.6 Å². The van der Waals surface area contributed by atoms with Gasteiger partial charge in [-0.15, -0.1) is 11.3 Å². The summed E-state index contributed by atoms with van der Waals surface area (Å²) < 4.78 is 0. The maximum atomic E-state index is 11.7. The SMILES string of the molecule is C[C@H]1CCCC[C@H]1NC(=S)NNC(=O)c1cccs1. The van der Waals surface area contributed by atoms with Crippen LogP contribution >= 0.6 is 23.6 Å². The van der Waals surface area contributed by atoms with Crippen molar-refractivity contribution in [2.75, 3.05) is 0 Å². The third kappa shape index (κ3) is 4.18. The molecular formula is C13H19N3OS2. The second-order valence-electron chi connectivity index (χ2n) is 4.90. The molecule has 1 fully saturated rings. The molecule has 1 aromatic heterocycles. The van der Waals surface area contributed by atoms with Crippen LogP contribution in [0.4, 0.5) is 0 Å². The molecule has 2 rings (SSSR count). The molecule has 0 aromatic carbocycles. The lowest BCUT2D eigenvalue weighted by molar-refractivity contribution is 0.0947. The molecule has 1 aliphatic carbocycles. The molecule has 1 saturated carbocycles. The topological polar surface area (TPSA) is 53.2 Å². The predicted octanol–water partition coefficient (Wildman–Crippen LogP) is 2.44. The van der Waals surface area contributed by atoms with Gasteiger partial charge in [-0.2, -0.15) is 0 Å². The highest BCUT2D eigenvalue weighted by atomic mass is 32.1. The Balaban J connectivity index is 1.74. The number of rotatable bonds is 2. The van der Waals surface area contributed by atoms with Gasteiger partial charge in [0.1, 0.15) is 0 Å². The minimum atomic E-state index is -0.157. The van der Waals surface area contributed by atoms with Crippen LogP contribution in [0.15, 0.2) is 17.5 Å². The Hall–Kier alpha value is -1.14. The number of carbonyl (C=O) groups excluding carboxylic acids is 1. The maximum Gasteiger partial charge on any atom is 0.279 e. The van der Waals surface area contributed by atoms with Gasteiger partial charge in [-0.3, -0.25) is 15.6 Å². The van der Waals surface area contributed by atoms with Crippen LogP contribution < -0.4 is 16.2 Å². The summed E-state index contributed by atoms with van der Waals surface area (Å²) >= 11 is 6.61. The first-order valence-corrected chi connectivity index (χ1v) is 7.86. The Morgan fingerprint density at radius 3 is 2.84 bits per heavy atom. The summed E-state index contributed by atoms with van der Waals surface area (Å²) in [5, 5.41) is 5.64. The van der Waals surface area contributed by atoms with Crippen molar-refractivity contribution in [3.05, 3.63) is 22.4 Å². The summed E-state index contributed by atoms with van der Waals surface area (Å²) in [4.78, 5) is 12.4. The standard InChI is InChI=1S/C13H19N3OS2/c1-9-5-2-3-6-10(9)14-13(18)16-15-12(17)11-7-4-8-19-11/h4,7-10H,2-3,5-6H2,1H3,(H,15,17)(H2,14,16,18)/t9-,10+/m0/s1. The molecule has 1 heterocycles. The summed E-state index contributed by atoms with van der Waals surface area (Å²) in [6.07, 6.45) is 4.92.